The van der Waals surface area contributed by atoms with Gasteiger partial charge < -0.3 is 10.0 Å². The third-order valence-corrected chi connectivity index (χ3v) is 5.65. The van der Waals surface area contributed by atoms with Crippen molar-refractivity contribution in [2.75, 3.05) is 0 Å². The monoisotopic (exact) mass is 396 g/mol. The molecule has 0 aromatic heterocycles. The van der Waals surface area contributed by atoms with Crippen LogP contribution >= 0.6 is 12.2 Å². The first-order chi connectivity index (χ1) is 13.5. The quantitative estimate of drug-likeness (QED) is 0.679. The number of hydrogen-bond donors (Lipinski definition) is 2. The van der Waals surface area contributed by atoms with Gasteiger partial charge in [-0.2, -0.15) is 0 Å². The molecule has 2 unspecified atom stereocenters. The van der Waals surface area contributed by atoms with Crippen LogP contribution < -0.4 is 5.32 Å². The molecule has 3 rings (SSSR count). The molecule has 0 spiro atoms. The number of nitrogens with zero attached hydrogens (tertiary/aromatic N) is 1. The number of benzene rings is 2. The molecule has 0 heterocycles. The lowest BCUT2D eigenvalue weighted by atomic mass is 10.0. The van der Waals surface area contributed by atoms with E-state index >= 15 is 0 Å². The molecule has 0 aliphatic heterocycles. The van der Waals surface area contributed by atoms with Crippen LogP contribution in [0.3, 0.4) is 0 Å². The van der Waals surface area contributed by atoms with Crippen molar-refractivity contribution in [2.45, 2.75) is 51.8 Å². The third-order valence-electron chi connectivity index (χ3n) is 5.32. The molecule has 1 aliphatic rings. The fourth-order valence-electron chi connectivity index (χ4n) is 3.56. The maximum absolute atomic E-state index is 12.6. The molecule has 148 valence electrons. The Hall–Kier alpha value is -2.24. The predicted octanol–water partition coefficient (Wildman–Crippen LogP) is 4.45. The summed E-state index contributed by atoms with van der Waals surface area (Å²) in [5, 5.41) is 13.1. The van der Waals surface area contributed by atoms with Crippen molar-refractivity contribution in [1.82, 2.24) is 10.2 Å². The molecule has 1 fully saturated rings. The van der Waals surface area contributed by atoms with E-state index in [4.69, 9.17) is 12.2 Å². The number of carbonyl (C=O) groups is 1. The van der Waals surface area contributed by atoms with Crippen LogP contribution in [0.1, 0.15) is 60.7 Å². The SMILES string of the molecule is CCC(C1CC1)N(Cc1ccc(C(C)O)cc1)C(=S)NC(=O)c1ccccc1. The highest BCUT2D eigenvalue weighted by atomic mass is 32.1. The molecule has 4 nitrogen and oxygen atoms in total. The number of aliphatic hydroxyl groups excluding tert-OH is 1. The van der Waals surface area contributed by atoms with Crippen molar-refractivity contribution in [3.05, 3.63) is 71.3 Å². The molecule has 2 aromatic carbocycles. The second kappa shape index (κ2) is 9.30. The lowest BCUT2D eigenvalue weighted by Gasteiger charge is -2.33. The number of nitrogens with one attached hydrogen (secondary N) is 1. The maximum Gasteiger partial charge on any atom is 0.257 e. The Morgan fingerprint density at radius 1 is 1.18 bits per heavy atom. The minimum Gasteiger partial charge on any atom is -0.389 e. The summed E-state index contributed by atoms with van der Waals surface area (Å²) in [6, 6.07) is 17.4. The van der Waals surface area contributed by atoms with Gasteiger partial charge in [-0.25, -0.2) is 0 Å². The number of amides is 1. The summed E-state index contributed by atoms with van der Waals surface area (Å²) in [6.07, 6.45) is 2.93. The summed E-state index contributed by atoms with van der Waals surface area (Å²) in [5.41, 5.74) is 2.61. The van der Waals surface area contributed by atoms with Crippen LogP contribution in [0, 0.1) is 5.92 Å². The van der Waals surface area contributed by atoms with E-state index in [9.17, 15) is 9.90 Å². The van der Waals surface area contributed by atoms with Crippen molar-refractivity contribution in [3.63, 3.8) is 0 Å². The fourth-order valence-corrected chi connectivity index (χ4v) is 3.85. The Labute approximate surface area is 172 Å². The van der Waals surface area contributed by atoms with Gasteiger partial charge in [-0.3, -0.25) is 10.1 Å². The van der Waals surface area contributed by atoms with E-state index in [1.165, 1.54) is 12.8 Å². The van der Waals surface area contributed by atoms with Gasteiger partial charge in [0.2, 0.25) is 0 Å². The predicted molar refractivity (Wildman–Crippen MR) is 116 cm³/mol. The van der Waals surface area contributed by atoms with Crippen LogP contribution in [0.25, 0.3) is 0 Å². The van der Waals surface area contributed by atoms with Gasteiger partial charge in [0, 0.05) is 18.2 Å². The van der Waals surface area contributed by atoms with Crippen molar-refractivity contribution < 1.29 is 9.90 Å². The van der Waals surface area contributed by atoms with E-state index in [0.717, 1.165) is 17.5 Å². The molecule has 1 amide bonds. The Kier molecular flexibility index (Phi) is 6.81. The largest absolute Gasteiger partial charge is 0.389 e. The zero-order valence-corrected chi connectivity index (χ0v) is 17.3. The number of rotatable bonds is 7. The van der Waals surface area contributed by atoms with E-state index in [1.54, 1.807) is 19.1 Å². The molecule has 1 saturated carbocycles. The standard InChI is InChI=1S/C23H28N2O2S/c1-3-21(19-13-14-19)25(15-17-9-11-18(12-10-17)16(2)26)23(28)24-22(27)20-7-5-4-6-8-20/h4-12,16,19,21,26H,3,13-15H2,1-2H3,(H,24,27,28). The molecule has 2 N–H and O–H groups in total. The van der Waals surface area contributed by atoms with Crippen molar-refractivity contribution in [3.8, 4) is 0 Å². The molecule has 0 bridgehead atoms. The number of thiocarbonyl (C=S) groups is 1. The van der Waals surface area contributed by atoms with E-state index in [0.29, 0.717) is 29.2 Å². The van der Waals surface area contributed by atoms with Crippen LogP contribution in [-0.4, -0.2) is 27.1 Å². The number of carbonyl (C=O) groups excluding carboxylic acids is 1. The number of aliphatic hydroxyl groups is 1. The first kappa shape index (κ1) is 20.5. The topological polar surface area (TPSA) is 52.6 Å². The molecular weight excluding hydrogens is 368 g/mol. The zero-order valence-electron chi connectivity index (χ0n) is 16.5. The van der Waals surface area contributed by atoms with E-state index in [1.807, 2.05) is 42.5 Å². The van der Waals surface area contributed by atoms with Gasteiger partial charge in [-0.15, -0.1) is 0 Å². The Morgan fingerprint density at radius 3 is 2.36 bits per heavy atom. The third kappa shape index (κ3) is 5.18. The van der Waals surface area contributed by atoms with Gasteiger partial charge in [0.15, 0.2) is 5.11 Å². The van der Waals surface area contributed by atoms with E-state index < -0.39 is 6.10 Å². The van der Waals surface area contributed by atoms with Gasteiger partial charge in [0.05, 0.1) is 6.10 Å². The van der Waals surface area contributed by atoms with E-state index in [-0.39, 0.29) is 5.91 Å². The van der Waals surface area contributed by atoms with Gasteiger partial charge in [-0.05, 0) is 67.6 Å². The molecule has 2 aromatic rings. The van der Waals surface area contributed by atoms with Crippen molar-refractivity contribution in [1.29, 1.82) is 0 Å². The van der Waals surface area contributed by atoms with Gasteiger partial charge in [0.25, 0.3) is 5.91 Å². The highest BCUT2D eigenvalue weighted by molar-refractivity contribution is 7.80. The molecule has 1 aliphatic carbocycles. The zero-order chi connectivity index (χ0) is 20.1. The smallest absolute Gasteiger partial charge is 0.257 e. The van der Waals surface area contributed by atoms with Crippen molar-refractivity contribution >= 4 is 23.2 Å². The maximum atomic E-state index is 12.6. The summed E-state index contributed by atoms with van der Waals surface area (Å²) in [6.45, 7) is 4.58. The van der Waals surface area contributed by atoms with Crippen LogP contribution in [-0.2, 0) is 6.54 Å². The molecule has 5 heteroatoms. The first-order valence-corrected chi connectivity index (χ1v) is 10.3. The minimum absolute atomic E-state index is 0.175. The highest BCUT2D eigenvalue weighted by Crippen LogP contribution is 2.37. The molecule has 28 heavy (non-hydrogen) atoms. The Morgan fingerprint density at radius 2 is 1.82 bits per heavy atom. The molecule has 0 radical (unpaired) electrons. The Balaban J connectivity index is 1.76. The minimum atomic E-state index is -0.480. The van der Waals surface area contributed by atoms with Crippen LogP contribution in [0.15, 0.2) is 54.6 Å². The molecule has 2 atom stereocenters. The summed E-state index contributed by atoms with van der Waals surface area (Å²) in [7, 11) is 0. The average molecular weight is 397 g/mol. The average Bonchev–Trinajstić information content (AvgIpc) is 3.54. The second-order valence-electron chi connectivity index (χ2n) is 7.48. The number of hydrogen-bond acceptors (Lipinski definition) is 3. The molecule has 0 saturated heterocycles. The summed E-state index contributed by atoms with van der Waals surface area (Å²) >= 11 is 5.66. The van der Waals surface area contributed by atoms with Crippen LogP contribution in [0.2, 0.25) is 0 Å². The lowest BCUT2D eigenvalue weighted by molar-refractivity contribution is 0.0970. The summed E-state index contributed by atoms with van der Waals surface area (Å²) in [4.78, 5) is 14.7. The van der Waals surface area contributed by atoms with Gasteiger partial charge in [-0.1, -0.05) is 49.4 Å². The summed E-state index contributed by atoms with van der Waals surface area (Å²) < 4.78 is 0. The summed E-state index contributed by atoms with van der Waals surface area (Å²) in [5.74, 6) is 0.457. The second-order valence-corrected chi connectivity index (χ2v) is 7.87. The van der Waals surface area contributed by atoms with E-state index in [2.05, 4.69) is 17.1 Å². The highest BCUT2D eigenvalue weighted by Gasteiger charge is 2.35. The molecular formula is C23H28N2O2S. The lowest BCUT2D eigenvalue weighted by Crippen LogP contribution is -2.48. The van der Waals surface area contributed by atoms with Crippen LogP contribution in [0.5, 0.6) is 0 Å². The van der Waals surface area contributed by atoms with Crippen molar-refractivity contribution in [2.24, 2.45) is 5.92 Å². The van der Waals surface area contributed by atoms with Gasteiger partial charge >= 0.3 is 0 Å². The fraction of sp³-hybridized carbons (Fsp3) is 0.391. The van der Waals surface area contributed by atoms with Crippen LogP contribution in [0.4, 0.5) is 0 Å². The van der Waals surface area contributed by atoms with Gasteiger partial charge in [0.1, 0.15) is 0 Å². The Bertz CT molecular complexity index is 801. The first-order valence-electron chi connectivity index (χ1n) is 9.93. The normalized spacial score (nSPS) is 15.5.